The van der Waals surface area contributed by atoms with E-state index in [9.17, 15) is 8.78 Å². The molecule has 0 bridgehead atoms. The van der Waals surface area contributed by atoms with E-state index in [1.165, 1.54) is 23.7 Å². The highest BCUT2D eigenvalue weighted by Gasteiger charge is 2.41. The molecule has 8 heteroatoms. The van der Waals surface area contributed by atoms with Crippen LogP contribution in [0.15, 0.2) is 18.2 Å². The third-order valence-electron chi connectivity index (χ3n) is 4.12. The molecular formula is C15H15F2N3O2S. The zero-order valence-electron chi connectivity index (χ0n) is 12.3. The van der Waals surface area contributed by atoms with E-state index in [0.717, 1.165) is 17.6 Å². The van der Waals surface area contributed by atoms with Gasteiger partial charge in [-0.2, -0.15) is 9.36 Å². The van der Waals surface area contributed by atoms with E-state index in [1.54, 1.807) is 0 Å². The molecule has 1 spiro atoms. The van der Waals surface area contributed by atoms with Crippen molar-refractivity contribution in [1.29, 1.82) is 0 Å². The summed E-state index contributed by atoms with van der Waals surface area (Å²) in [5.74, 6) is -0.929. The molecule has 5 nitrogen and oxygen atoms in total. The molecule has 122 valence electrons. The molecule has 2 fully saturated rings. The zero-order valence-corrected chi connectivity index (χ0v) is 13.1. The Hall–Kier alpha value is -1.64. The van der Waals surface area contributed by atoms with Gasteiger partial charge in [-0.1, -0.05) is 0 Å². The monoisotopic (exact) mass is 339 g/mol. The van der Waals surface area contributed by atoms with Crippen LogP contribution in [0.2, 0.25) is 0 Å². The molecule has 2 aliphatic rings. The van der Waals surface area contributed by atoms with E-state index in [0.29, 0.717) is 44.3 Å². The molecule has 0 radical (unpaired) electrons. The summed E-state index contributed by atoms with van der Waals surface area (Å²) in [7, 11) is 0. The van der Waals surface area contributed by atoms with Crippen molar-refractivity contribution < 1.29 is 18.3 Å². The molecule has 1 unspecified atom stereocenters. The van der Waals surface area contributed by atoms with Gasteiger partial charge in [-0.3, -0.25) is 0 Å². The Morgan fingerprint density at radius 3 is 2.74 bits per heavy atom. The Morgan fingerprint density at radius 2 is 2.00 bits per heavy atom. The number of benzene rings is 1. The lowest BCUT2D eigenvalue weighted by atomic mass is 10.0. The van der Waals surface area contributed by atoms with Gasteiger partial charge in [0.15, 0.2) is 5.82 Å². The average Bonchev–Trinajstić information content (AvgIpc) is 3.16. The predicted octanol–water partition coefficient (Wildman–Crippen LogP) is 2.48. The molecule has 1 aromatic heterocycles. The number of aromatic nitrogens is 2. The number of hydrogen-bond acceptors (Lipinski definition) is 6. The highest BCUT2D eigenvalue weighted by atomic mass is 32.1. The van der Waals surface area contributed by atoms with Crippen LogP contribution in [0.5, 0.6) is 0 Å². The largest absolute Gasteiger partial charge is 0.378 e. The van der Waals surface area contributed by atoms with Crippen molar-refractivity contribution in [2.45, 2.75) is 12.0 Å². The summed E-state index contributed by atoms with van der Waals surface area (Å²) >= 11 is 1.23. The molecule has 4 rings (SSSR count). The molecule has 1 atom stereocenters. The van der Waals surface area contributed by atoms with Crippen molar-refractivity contribution in [1.82, 2.24) is 9.36 Å². The molecule has 0 amide bonds. The van der Waals surface area contributed by atoms with Crippen molar-refractivity contribution in [2.24, 2.45) is 0 Å². The SMILES string of the molecule is Fc1cc(F)cc(-c2nsc(N3CCOC4(CCOC4)C3)n2)c1. The second-order valence-electron chi connectivity index (χ2n) is 5.81. The summed E-state index contributed by atoms with van der Waals surface area (Å²) < 4.78 is 42.3. The third-order valence-corrected chi connectivity index (χ3v) is 4.90. The summed E-state index contributed by atoms with van der Waals surface area (Å²) in [6, 6.07) is 3.31. The lowest BCUT2D eigenvalue weighted by molar-refractivity contribution is -0.0579. The first-order valence-electron chi connectivity index (χ1n) is 7.40. The summed E-state index contributed by atoms with van der Waals surface area (Å²) in [4.78, 5) is 6.55. The lowest BCUT2D eigenvalue weighted by Gasteiger charge is -2.39. The summed E-state index contributed by atoms with van der Waals surface area (Å²) in [5.41, 5.74) is 0.0758. The number of nitrogens with zero attached hydrogens (tertiary/aromatic N) is 3. The summed E-state index contributed by atoms with van der Waals surface area (Å²) in [5, 5.41) is 0.735. The number of rotatable bonds is 2. The van der Waals surface area contributed by atoms with Gasteiger partial charge in [0.25, 0.3) is 0 Å². The van der Waals surface area contributed by atoms with Gasteiger partial charge in [-0.25, -0.2) is 8.78 Å². The van der Waals surface area contributed by atoms with E-state index in [4.69, 9.17) is 9.47 Å². The maximum Gasteiger partial charge on any atom is 0.205 e. The number of halogens is 2. The maximum atomic E-state index is 13.3. The zero-order chi connectivity index (χ0) is 15.9. The number of anilines is 1. The Morgan fingerprint density at radius 1 is 1.17 bits per heavy atom. The third kappa shape index (κ3) is 2.93. The molecule has 3 heterocycles. The van der Waals surface area contributed by atoms with E-state index in [1.807, 2.05) is 0 Å². The topological polar surface area (TPSA) is 47.5 Å². The van der Waals surface area contributed by atoms with E-state index >= 15 is 0 Å². The quantitative estimate of drug-likeness (QED) is 0.841. The first-order valence-corrected chi connectivity index (χ1v) is 8.18. The number of ether oxygens (including phenoxy) is 2. The Kier molecular flexibility index (Phi) is 3.74. The molecule has 1 aromatic carbocycles. The van der Waals surface area contributed by atoms with Gasteiger partial charge in [-0.15, -0.1) is 0 Å². The van der Waals surface area contributed by atoms with Crippen LogP contribution in [-0.2, 0) is 9.47 Å². The minimum atomic E-state index is -0.634. The Bertz CT molecular complexity index is 698. The molecule has 0 aliphatic carbocycles. The van der Waals surface area contributed by atoms with Crippen LogP contribution in [0.4, 0.5) is 13.9 Å². The molecule has 0 saturated carbocycles. The number of morpholine rings is 1. The van der Waals surface area contributed by atoms with E-state index in [-0.39, 0.29) is 5.60 Å². The first-order chi connectivity index (χ1) is 11.1. The summed E-state index contributed by atoms with van der Waals surface area (Å²) in [6.07, 6.45) is 0.865. The van der Waals surface area contributed by atoms with Crippen molar-refractivity contribution in [3.63, 3.8) is 0 Å². The fourth-order valence-corrected chi connectivity index (χ4v) is 3.69. The highest BCUT2D eigenvalue weighted by Crippen LogP contribution is 2.32. The minimum Gasteiger partial charge on any atom is -0.378 e. The van der Waals surface area contributed by atoms with Crippen molar-refractivity contribution in [3.05, 3.63) is 29.8 Å². The van der Waals surface area contributed by atoms with Crippen LogP contribution < -0.4 is 4.90 Å². The van der Waals surface area contributed by atoms with Gasteiger partial charge in [-0.05, 0) is 12.1 Å². The Balaban J connectivity index is 1.57. The van der Waals surface area contributed by atoms with Crippen molar-refractivity contribution in [2.75, 3.05) is 37.8 Å². The normalized spacial score (nSPS) is 24.5. The molecule has 2 saturated heterocycles. The minimum absolute atomic E-state index is 0.269. The van der Waals surface area contributed by atoms with Crippen LogP contribution in [0.25, 0.3) is 11.4 Å². The molecular weight excluding hydrogens is 324 g/mol. The smallest absolute Gasteiger partial charge is 0.205 e. The van der Waals surface area contributed by atoms with Gasteiger partial charge in [0.1, 0.15) is 17.2 Å². The molecule has 2 aliphatic heterocycles. The second kappa shape index (κ2) is 5.77. The Labute approximate surface area is 136 Å². The fraction of sp³-hybridized carbons (Fsp3) is 0.467. The van der Waals surface area contributed by atoms with Crippen LogP contribution in [-0.4, -0.2) is 47.9 Å². The maximum absolute atomic E-state index is 13.3. The van der Waals surface area contributed by atoms with Gasteiger partial charge in [0.2, 0.25) is 5.13 Å². The number of hydrogen-bond donors (Lipinski definition) is 0. The molecule has 0 N–H and O–H groups in total. The predicted molar refractivity (Wildman–Crippen MR) is 81.6 cm³/mol. The van der Waals surface area contributed by atoms with Gasteiger partial charge in [0, 0.05) is 42.7 Å². The average molecular weight is 339 g/mol. The van der Waals surface area contributed by atoms with Crippen molar-refractivity contribution >= 4 is 16.7 Å². The summed E-state index contributed by atoms with van der Waals surface area (Å²) in [6.45, 7) is 3.31. The van der Waals surface area contributed by atoms with Crippen LogP contribution in [0, 0.1) is 11.6 Å². The van der Waals surface area contributed by atoms with Gasteiger partial charge in [0.05, 0.1) is 19.8 Å². The van der Waals surface area contributed by atoms with Crippen LogP contribution in [0.1, 0.15) is 6.42 Å². The van der Waals surface area contributed by atoms with E-state index < -0.39 is 11.6 Å². The van der Waals surface area contributed by atoms with Crippen LogP contribution >= 0.6 is 11.5 Å². The van der Waals surface area contributed by atoms with Gasteiger partial charge >= 0.3 is 0 Å². The lowest BCUT2D eigenvalue weighted by Crippen LogP contribution is -2.52. The van der Waals surface area contributed by atoms with Crippen molar-refractivity contribution in [3.8, 4) is 11.4 Å². The van der Waals surface area contributed by atoms with E-state index in [2.05, 4.69) is 14.3 Å². The standard InChI is InChI=1S/C15H15F2N3O2S/c16-11-5-10(6-12(17)7-11)13-18-14(23-19-13)20-2-4-22-15(8-20)1-3-21-9-15/h5-7H,1-4,8-9H2. The fourth-order valence-electron chi connectivity index (χ4n) is 2.98. The molecule has 23 heavy (non-hydrogen) atoms. The highest BCUT2D eigenvalue weighted by molar-refractivity contribution is 7.09. The molecule has 2 aromatic rings. The first kappa shape index (κ1) is 14.9. The van der Waals surface area contributed by atoms with Crippen LogP contribution in [0.3, 0.4) is 0 Å². The second-order valence-corrected chi connectivity index (χ2v) is 6.54. The van der Waals surface area contributed by atoms with Gasteiger partial charge < -0.3 is 14.4 Å².